The molecule has 0 saturated carbocycles. The third kappa shape index (κ3) is 55.0. The van der Waals surface area contributed by atoms with Gasteiger partial charge in [0, 0.05) is 12.8 Å². The van der Waals surface area contributed by atoms with Crippen molar-refractivity contribution in [3.63, 3.8) is 0 Å². The third-order valence-electron chi connectivity index (χ3n) is 12.4. The predicted molar refractivity (Wildman–Crippen MR) is 323 cm³/mol. The molecule has 0 aromatic carbocycles. The summed E-state index contributed by atoms with van der Waals surface area (Å²) >= 11 is 0. The molecule has 3 unspecified atom stereocenters. The number of unbranched alkanes of at least 4 members (excludes halogenated alkanes) is 18. The van der Waals surface area contributed by atoms with Crippen LogP contribution in [0.25, 0.3) is 0 Å². The number of hydrogen-bond acceptors (Lipinski definition) is 6. The number of carbonyl (C=O) groups is 2. The van der Waals surface area contributed by atoms with Crippen LogP contribution in [0, 0.1) is 0 Å². The molecule has 428 valence electrons. The molecule has 0 aromatic rings. The summed E-state index contributed by atoms with van der Waals surface area (Å²) < 4.78 is 30.6. The molecule has 2 N–H and O–H groups in total. The van der Waals surface area contributed by atoms with Crippen LogP contribution in [0.2, 0.25) is 0 Å². The first-order valence-corrected chi connectivity index (χ1v) is 31.4. The maximum absolute atomic E-state index is 13.5. The van der Waals surface area contributed by atoms with Crippen molar-refractivity contribution in [2.75, 3.05) is 40.9 Å². The molecule has 9 nitrogen and oxygen atoms in total. The van der Waals surface area contributed by atoms with Gasteiger partial charge in [-0.15, -0.1) is 0 Å². The van der Waals surface area contributed by atoms with E-state index in [1.165, 1.54) is 70.6 Å². The second-order valence-electron chi connectivity index (χ2n) is 20.8. The molecule has 0 heterocycles. The lowest BCUT2D eigenvalue weighted by Gasteiger charge is -2.27. The zero-order chi connectivity index (χ0) is 55.0. The fraction of sp³-hybridized carbons (Fsp3) is 0.662. The molecule has 0 bridgehead atoms. The largest absolute Gasteiger partial charge is 0.472 e. The number of quaternary nitrogens is 1. The average Bonchev–Trinajstić information content (AvgIpc) is 3.37. The van der Waals surface area contributed by atoms with Gasteiger partial charge in [0.05, 0.1) is 33.8 Å². The molecule has 0 rings (SSSR count). The van der Waals surface area contributed by atoms with Crippen LogP contribution in [0.3, 0.4) is 0 Å². The summed E-state index contributed by atoms with van der Waals surface area (Å²) in [6, 6.07) is -0.887. The van der Waals surface area contributed by atoms with Gasteiger partial charge in [-0.3, -0.25) is 18.6 Å². The van der Waals surface area contributed by atoms with Crippen molar-refractivity contribution in [3.8, 4) is 0 Å². The van der Waals surface area contributed by atoms with Crippen LogP contribution in [0.15, 0.2) is 122 Å². The van der Waals surface area contributed by atoms with Gasteiger partial charge < -0.3 is 19.4 Å². The van der Waals surface area contributed by atoms with Crippen LogP contribution in [0.4, 0.5) is 0 Å². The average molecular weight is 1060 g/mol. The highest BCUT2D eigenvalue weighted by molar-refractivity contribution is 7.47. The van der Waals surface area contributed by atoms with Gasteiger partial charge in [0.2, 0.25) is 5.91 Å². The lowest BCUT2D eigenvalue weighted by Crippen LogP contribution is -2.47. The Morgan fingerprint density at radius 3 is 1.31 bits per heavy atom. The molecule has 0 radical (unpaired) electrons. The second-order valence-corrected chi connectivity index (χ2v) is 22.2. The standard InChI is InChI=1S/C65H111N2O7P/c1-7-10-13-16-19-22-25-27-29-31-33-35-37-39-42-45-48-51-54-57-64(68)66-62(61-73-75(70,71)72-60-59-67(4,5)6)63(56-53-50-47-44-41-24-21-18-15-12-9-3)74-65(69)58-55-52-49-46-43-40-38-36-34-32-30-28-26-23-20-17-14-11-8-2/h11,14,19-20,22-23,27-30,33-36,39-40,42-43,53,56,62-63H,7-10,12-13,15-18,21,24-26,31-32,37-38,41,44-52,54-55,57-61H2,1-6H3,(H-,66,68,70,71)/p+1/b14-11-,22-19-,23-20-,29-27-,30-28-,35-33-,36-34-,42-39-,43-40-,56-53+. The first-order valence-electron chi connectivity index (χ1n) is 29.9. The number of allylic oxidation sites excluding steroid dienone is 19. The van der Waals surface area contributed by atoms with Crippen molar-refractivity contribution in [1.29, 1.82) is 0 Å². The Bertz CT molecular complexity index is 1700. The highest BCUT2D eigenvalue weighted by atomic mass is 31.2. The van der Waals surface area contributed by atoms with Crippen molar-refractivity contribution < 1.29 is 37.3 Å². The Morgan fingerprint density at radius 2 is 0.853 bits per heavy atom. The van der Waals surface area contributed by atoms with E-state index in [-0.39, 0.29) is 37.9 Å². The molecule has 0 spiro atoms. The Kier molecular flexibility index (Phi) is 51.2. The van der Waals surface area contributed by atoms with Crippen LogP contribution in [0.1, 0.15) is 226 Å². The molecule has 0 aliphatic rings. The number of phosphoric ester groups is 1. The summed E-state index contributed by atoms with van der Waals surface area (Å²) in [4.78, 5) is 37.6. The van der Waals surface area contributed by atoms with E-state index < -0.39 is 20.0 Å². The minimum absolute atomic E-state index is 0.0213. The zero-order valence-corrected chi connectivity index (χ0v) is 49.6. The molecule has 1 amide bonds. The summed E-state index contributed by atoms with van der Waals surface area (Å²) in [5, 5.41) is 3.02. The molecular weight excluding hydrogens is 952 g/mol. The van der Waals surface area contributed by atoms with Crippen LogP contribution < -0.4 is 5.32 Å². The van der Waals surface area contributed by atoms with Crippen molar-refractivity contribution in [2.24, 2.45) is 0 Å². The molecule has 0 fully saturated rings. The van der Waals surface area contributed by atoms with Crippen LogP contribution >= 0.6 is 7.82 Å². The summed E-state index contributed by atoms with van der Waals surface area (Å²) in [5.74, 6) is -0.589. The first-order chi connectivity index (χ1) is 36.4. The quantitative estimate of drug-likeness (QED) is 0.0205. The predicted octanol–water partition coefficient (Wildman–Crippen LogP) is 18.3. The molecule has 0 aromatic heterocycles. The second kappa shape index (κ2) is 53.8. The van der Waals surface area contributed by atoms with Crippen molar-refractivity contribution in [1.82, 2.24) is 5.32 Å². The topological polar surface area (TPSA) is 111 Å². The van der Waals surface area contributed by atoms with Crippen LogP contribution in [-0.4, -0.2) is 74.3 Å². The maximum atomic E-state index is 13.5. The fourth-order valence-corrected chi connectivity index (χ4v) is 8.51. The Morgan fingerprint density at radius 1 is 0.480 bits per heavy atom. The van der Waals surface area contributed by atoms with Crippen molar-refractivity contribution >= 4 is 19.7 Å². The smallest absolute Gasteiger partial charge is 0.456 e. The van der Waals surface area contributed by atoms with E-state index in [0.29, 0.717) is 23.9 Å². The lowest BCUT2D eigenvalue weighted by atomic mass is 10.1. The van der Waals surface area contributed by atoms with Gasteiger partial charge in [0.1, 0.15) is 19.3 Å². The Hall–Kier alpha value is -3.59. The molecular formula is C65H112N2O7P+. The number of phosphoric acid groups is 1. The van der Waals surface area contributed by atoms with E-state index in [2.05, 4.69) is 135 Å². The number of ether oxygens (including phenoxy) is 1. The molecule has 0 aliphatic carbocycles. The Labute approximate surface area is 461 Å². The number of nitrogens with zero attached hydrogens (tertiary/aromatic N) is 1. The Balaban J connectivity index is 5.41. The van der Waals surface area contributed by atoms with E-state index in [9.17, 15) is 19.0 Å². The van der Waals surface area contributed by atoms with E-state index in [1.54, 1.807) is 0 Å². The number of likely N-dealkylation sites (N-methyl/N-ethyl adjacent to an activating group) is 1. The van der Waals surface area contributed by atoms with Gasteiger partial charge in [-0.05, 0) is 122 Å². The highest BCUT2D eigenvalue weighted by Crippen LogP contribution is 2.43. The summed E-state index contributed by atoms with van der Waals surface area (Å²) in [5.41, 5.74) is 0. The summed E-state index contributed by atoms with van der Waals surface area (Å²) in [7, 11) is 1.43. The van der Waals surface area contributed by atoms with Gasteiger partial charge in [-0.25, -0.2) is 4.57 Å². The number of esters is 1. The normalized spacial score (nSPS) is 14.6. The molecule has 3 atom stereocenters. The summed E-state index contributed by atoms with van der Waals surface area (Å²) in [6.07, 6.45) is 74.8. The van der Waals surface area contributed by atoms with Gasteiger partial charge in [0.25, 0.3) is 0 Å². The SMILES string of the molecule is CC/C=C\C/C=C\C/C=C\C/C=C\C/C=C\CCCCCC(=O)OC(/C=C/CCCCCCCCCCC)C(COP(=O)(O)OCC[N+](C)(C)C)NC(=O)CCCCC/C=C\C/C=C\C/C=C\C/C=C\CCCCC. The number of amides is 1. The molecule has 10 heteroatoms. The van der Waals surface area contributed by atoms with E-state index in [1.807, 2.05) is 33.3 Å². The summed E-state index contributed by atoms with van der Waals surface area (Å²) in [6.45, 7) is 6.79. The van der Waals surface area contributed by atoms with Crippen molar-refractivity contribution in [2.45, 2.75) is 238 Å². The van der Waals surface area contributed by atoms with Gasteiger partial charge in [-0.2, -0.15) is 0 Å². The van der Waals surface area contributed by atoms with Gasteiger partial charge in [0.15, 0.2) is 0 Å². The third-order valence-corrected chi connectivity index (χ3v) is 13.4. The first kappa shape index (κ1) is 71.4. The van der Waals surface area contributed by atoms with Gasteiger partial charge in [-0.1, -0.05) is 213 Å². The maximum Gasteiger partial charge on any atom is 0.472 e. The zero-order valence-electron chi connectivity index (χ0n) is 48.7. The number of rotatable bonds is 52. The minimum atomic E-state index is -4.47. The van der Waals surface area contributed by atoms with Crippen molar-refractivity contribution in [3.05, 3.63) is 122 Å². The van der Waals surface area contributed by atoms with Gasteiger partial charge >= 0.3 is 13.8 Å². The fourth-order valence-electron chi connectivity index (χ4n) is 7.77. The van der Waals surface area contributed by atoms with E-state index >= 15 is 0 Å². The highest BCUT2D eigenvalue weighted by Gasteiger charge is 2.30. The number of hydrogen-bond donors (Lipinski definition) is 2. The van der Waals surface area contributed by atoms with E-state index in [4.69, 9.17) is 13.8 Å². The van der Waals surface area contributed by atoms with E-state index in [0.717, 1.165) is 109 Å². The number of nitrogens with one attached hydrogen (secondary N) is 1. The molecule has 75 heavy (non-hydrogen) atoms. The number of carbonyl (C=O) groups excluding carboxylic acids is 2. The van der Waals surface area contributed by atoms with Crippen LogP contribution in [0.5, 0.6) is 0 Å². The molecule has 0 aliphatic heterocycles. The minimum Gasteiger partial charge on any atom is -0.456 e. The van der Waals surface area contributed by atoms with Crippen LogP contribution in [-0.2, 0) is 27.9 Å². The lowest BCUT2D eigenvalue weighted by molar-refractivity contribution is -0.870. The molecule has 0 saturated heterocycles. The monoisotopic (exact) mass is 1060 g/mol.